The molecule has 3 nitrogen and oxygen atoms in total. The van der Waals surface area contributed by atoms with Crippen LogP contribution in [0.2, 0.25) is 5.02 Å². The van der Waals surface area contributed by atoms with E-state index in [0.29, 0.717) is 15.7 Å². The van der Waals surface area contributed by atoms with Crippen LogP contribution in [0, 0.1) is 3.57 Å². The number of halogens is 2. The molecule has 6 heteroatoms. The van der Waals surface area contributed by atoms with Gasteiger partial charge in [-0.15, -0.1) is 11.3 Å². The zero-order chi connectivity index (χ0) is 15.5. The Kier molecular flexibility index (Phi) is 4.75. The highest BCUT2D eigenvalue weighted by molar-refractivity contribution is 14.1. The molecule has 0 aliphatic rings. The molecule has 0 atom stereocenters. The molecule has 3 rings (SSSR count). The lowest BCUT2D eigenvalue weighted by Gasteiger charge is -2.03. The third-order valence-electron chi connectivity index (χ3n) is 2.98. The van der Waals surface area contributed by atoms with Gasteiger partial charge in [-0.05, 0) is 46.9 Å². The molecule has 0 unspecified atom stereocenters. The Bertz CT molecular complexity index is 817. The van der Waals surface area contributed by atoms with Gasteiger partial charge in [-0.2, -0.15) is 0 Å². The van der Waals surface area contributed by atoms with E-state index in [-0.39, 0.29) is 5.91 Å². The Morgan fingerprint density at radius 1 is 1.14 bits per heavy atom. The van der Waals surface area contributed by atoms with E-state index in [1.807, 2.05) is 47.8 Å². The zero-order valence-corrected chi connectivity index (χ0v) is 14.9. The fourth-order valence-corrected chi connectivity index (χ4v) is 3.37. The van der Waals surface area contributed by atoms with Crippen LogP contribution >= 0.6 is 45.5 Å². The van der Waals surface area contributed by atoms with Gasteiger partial charge in [-0.1, -0.05) is 35.9 Å². The average molecular weight is 441 g/mol. The Morgan fingerprint density at radius 3 is 2.59 bits per heavy atom. The van der Waals surface area contributed by atoms with Gasteiger partial charge in [0.25, 0.3) is 5.91 Å². The van der Waals surface area contributed by atoms with Crippen molar-refractivity contribution in [1.29, 1.82) is 0 Å². The van der Waals surface area contributed by atoms with Crippen molar-refractivity contribution in [2.24, 2.45) is 0 Å². The number of benzene rings is 2. The molecule has 0 bridgehead atoms. The van der Waals surface area contributed by atoms with Crippen LogP contribution in [0.15, 0.2) is 53.9 Å². The van der Waals surface area contributed by atoms with E-state index in [9.17, 15) is 4.79 Å². The third-order valence-corrected chi connectivity index (χ3v) is 4.93. The molecule has 0 fully saturated rings. The lowest BCUT2D eigenvalue weighted by molar-refractivity contribution is 0.102. The maximum absolute atomic E-state index is 12.3. The first-order valence-corrected chi connectivity index (χ1v) is 8.74. The van der Waals surface area contributed by atoms with Crippen molar-refractivity contribution in [3.8, 4) is 11.3 Å². The number of carbonyl (C=O) groups excluding carboxylic acids is 1. The van der Waals surface area contributed by atoms with E-state index in [4.69, 9.17) is 11.6 Å². The average Bonchev–Trinajstić information content (AvgIpc) is 2.97. The monoisotopic (exact) mass is 440 g/mol. The number of nitrogens with one attached hydrogen (secondary N) is 1. The molecular weight excluding hydrogens is 431 g/mol. The molecule has 110 valence electrons. The summed E-state index contributed by atoms with van der Waals surface area (Å²) in [5.41, 5.74) is 2.43. The first kappa shape index (κ1) is 15.5. The van der Waals surface area contributed by atoms with Crippen molar-refractivity contribution >= 4 is 56.6 Å². The minimum absolute atomic E-state index is 0.151. The predicted molar refractivity (Wildman–Crippen MR) is 99.7 cm³/mol. The van der Waals surface area contributed by atoms with Crippen LogP contribution < -0.4 is 5.32 Å². The van der Waals surface area contributed by atoms with Crippen molar-refractivity contribution < 1.29 is 4.79 Å². The van der Waals surface area contributed by atoms with E-state index >= 15 is 0 Å². The highest BCUT2D eigenvalue weighted by Crippen LogP contribution is 2.26. The smallest absolute Gasteiger partial charge is 0.258 e. The summed E-state index contributed by atoms with van der Waals surface area (Å²) in [6, 6.07) is 14.9. The number of carbonyl (C=O) groups is 1. The highest BCUT2D eigenvalue weighted by Gasteiger charge is 2.12. The molecule has 0 aliphatic carbocycles. The third kappa shape index (κ3) is 3.48. The summed E-state index contributed by atoms with van der Waals surface area (Å²) in [6.45, 7) is 0. The maximum atomic E-state index is 12.3. The van der Waals surface area contributed by atoms with E-state index in [0.717, 1.165) is 14.8 Å². The lowest BCUT2D eigenvalue weighted by Crippen LogP contribution is -2.13. The molecule has 2 aromatic carbocycles. The summed E-state index contributed by atoms with van der Waals surface area (Å²) < 4.78 is 0.909. The maximum Gasteiger partial charge on any atom is 0.258 e. The molecular formula is C16H10ClIN2OS. The first-order chi connectivity index (χ1) is 10.6. The van der Waals surface area contributed by atoms with Gasteiger partial charge in [-0.25, -0.2) is 4.98 Å². The van der Waals surface area contributed by atoms with Crippen LogP contribution in [-0.2, 0) is 0 Å². The number of nitrogens with zero attached hydrogens (tertiary/aromatic N) is 1. The fraction of sp³-hybridized carbons (Fsp3) is 0. The number of amides is 1. The zero-order valence-electron chi connectivity index (χ0n) is 11.2. The summed E-state index contributed by atoms with van der Waals surface area (Å²) in [4.78, 5) is 16.7. The summed E-state index contributed by atoms with van der Waals surface area (Å²) in [5.74, 6) is -0.151. The highest BCUT2D eigenvalue weighted by atomic mass is 127. The normalized spacial score (nSPS) is 10.5. The van der Waals surface area contributed by atoms with Crippen LogP contribution in [0.25, 0.3) is 11.3 Å². The van der Waals surface area contributed by atoms with Gasteiger partial charge in [-0.3, -0.25) is 10.1 Å². The number of rotatable bonds is 3. The van der Waals surface area contributed by atoms with Crippen molar-refractivity contribution in [2.45, 2.75) is 0 Å². The van der Waals surface area contributed by atoms with Gasteiger partial charge in [0.2, 0.25) is 0 Å². The second kappa shape index (κ2) is 6.76. The lowest BCUT2D eigenvalue weighted by atomic mass is 10.2. The van der Waals surface area contributed by atoms with Crippen molar-refractivity contribution in [2.75, 3.05) is 5.32 Å². The van der Waals surface area contributed by atoms with Crippen LogP contribution in [0.3, 0.4) is 0 Å². The number of thiazole rings is 1. The summed E-state index contributed by atoms with van der Waals surface area (Å²) in [5, 5.41) is 6.01. The second-order valence-corrected chi connectivity index (χ2v) is 6.94. The van der Waals surface area contributed by atoms with Crippen LogP contribution in [0.4, 0.5) is 5.13 Å². The van der Waals surface area contributed by atoms with E-state index in [2.05, 4.69) is 32.9 Å². The minimum Gasteiger partial charge on any atom is -0.298 e. The molecule has 0 saturated heterocycles. The molecule has 1 heterocycles. The molecule has 0 aliphatic heterocycles. The van der Waals surface area contributed by atoms with Crippen LogP contribution in [0.5, 0.6) is 0 Å². The van der Waals surface area contributed by atoms with Gasteiger partial charge < -0.3 is 0 Å². The molecule has 22 heavy (non-hydrogen) atoms. The molecule has 1 N–H and O–H groups in total. The summed E-state index contributed by atoms with van der Waals surface area (Å²) in [6.07, 6.45) is 0. The quantitative estimate of drug-likeness (QED) is 0.560. The SMILES string of the molecule is O=C(Nc1nc(-c2ccc(Cl)cc2)cs1)c1ccccc1I. The molecule has 3 aromatic rings. The van der Waals surface area contributed by atoms with Gasteiger partial charge in [0.15, 0.2) is 5.13 Å². The van der Waals surface area contributed by atoms with Crippen LogP contribution in [-0.4, -0.2) is 10.9 Å². The number of anilines is 1. The van der Waals surface area contributed by atoms with Crippen LogP contribution in [0.1, 0.15) is 10.4 Å². The number of aromatic nitrogens is 1. The van der Waals surface area contributed by atoms with E-state index < -0.39 is 0 Å². The largest absolute Gasteiger partial charge is 0.298 e. The molecule has 0 saturated carbocycles. The Labute approximate surface area is 150 Å². The van der Waals surface area contributed by atoms with Crippen molar-refractivity contribution in [1.82, 2.24) is 4.98 Å². The Hall–Kier alpha value is -1.44. The number of hydrogen-bond donors (Lipinski definition) is 1. The van der Waals surface area contributed by atoms with Gasteiger partial charge in [0.05, 0.1) is 11.3 Å². The first-order valence-electron chi connectivity index (χ1n) is 6.41. The Morgan fingerprint density at radius 2 is 1.86 bits per heavy atom. The van der Waals surface area contributed by atoms with E-state index in [1.165, 1.54) is 11.3 Å². The molecule has 0 spiro atoms. The standard InChI is InChI=1S/C16H10ClIN2OS/c17-11-7-5-10(6-8-11)14-9-22-16(19-14)20-15(21)12-3-1-2-4-13(12)18/h1-9H,(H,19,20,21). The minimum atomic E-state index is -0.151. The Balaban J connectivity index is 1.78. The predicted octanol–water partition coefficient (Wildman–Crippen LogP) is 5.32. The summed E-state index contributed by atoms with van der Waals surface area (Å²) in [7, 11) is 0. The number of hydrogen-bond acceptors (Lipinski definition) is 3. The molecule has 0 radical (unpaired) electrons. The van der Waals surface area contributed by atoms with Gasteiger partial charge in [0, 0.05) is 19.5 Å². The molecule has 1 aromatic heterocycles. The van der Waals surface area contributed by atoms with Crippen molar-refractivity contribution in [3.63, 3.8) is 0 Å². The van der Waals surface area contributed by atoms with Crippen molar-refractivity contribution in [3.05, 3.63) is 68.1 Å². The molecule has 1 amide bonds. The second-order valence-electron chi connectivity index (χ2n) is 4.48. The van der Waals surface area contributed by atoms with E-state index in [1.54, 1.807) is 6.07 Å². The van der Waals surface area contributed by atoms with Gasteiger partial charge in [0.1, 0.15) is 0 Å². The van der Waals surface area contributed by atoms with Gasteiger partial charge >= 0.3 is 0 Å². The fourth-order valence-electron chi connectivity index (χ4n) is 1.89. The summed E-state index contributed by atoms with van der Waals surface area (Å²) >= 11 is 9.42. The topological polar surface area (TPSA) is 42.0 Å².